The summed E-state index contributed by atoms with van der Waals surface area (Å²) in [4.78, 5) is 24.9. The van der Waals surface area contributed by atoms with Gasteiger partial charge in [0.2, 0.25) is 5.91 Å². The number of hydrogen-bond acceptors (Lipinski definition) is 28. The third-order valence-corrected chi connectivity index (χ3v) is 11.8. The second-order valence-corrected chi connectivity index (χ2v) is 16.2. The van der Waals surface area contributed by atoms with E-state index >= 15 is 0 Å². The number of aliphatic hydroxyl groups excluding tert-OH is 16. The van der Waals surface area contributed by atoms with E-state index in [1.165, 1.54) is 0 Å². The van der Waals surface area contributed by atoms with E-state index in [1.54, 1.807) is 0 Å². The van der Waals surface area contributed by atoms with Gasteiger partial charge in [0.15, 0.2) is 25.2 Å². The largest absolute Gasteiger partial charge is 0.477 e. The Morgan fingerprint density at radius 2 is 1.20 bits per heavy atom. The van der Waals surface area contributed by atoms with E-state index in [0.29, 0.717) is 0 Å². The number of aliphatic carboxylic acids is 1. The Morgan fingerprint density at radius 1 is 0.662 bits per heavy atom. The van der Waals surface area contributed by atoms with Gasteiger partial charge in [-0.2, -0.15) is 0 Å². The van der Waals surface area contributed by atoms with Crippen molar-refractivity contribution < 1.29 is 139 Å². The molecular weight excluding hydrogens is 896 g/mol. The van der Waals surface area contributed by atoms with Crippen molar-refractivity contribution in [2.75, 3.05) is 33.0 Å². The average molecular weight is 957 g/mol. The second-order valence-electron chi connectivity index (χ2n) is 16.2. The molecule has 20 N–H and O–H groups in total. The lowest BCUT2D eigenvalue weighted by molar-refractivity contribution is -0.381. The van der Waals surface area contributed by atoms with Crippen molar-refractivity contribution in [3.8, 4) is 0 Å². The minimum absolute atomic E-state index is 0.856. The van der Waals surface area contributed by atoms with Gasteiger partial charge in [0.05, 0.1) is 45.2 Å². The highest BCUT2D eigenvalue weighted by atomic mass is 16.8. The molecule has 5 rings (SSSR count). The van der Waals surface area contributed by atoms with E-state index in [-0.39, 0.29) is 0 Å². The molecule has 5 saturated heterocycles. The van der Waals surface area contributed by atoms with E-state index in [2.05, 4.69) is 5.32 Å². The Bertz CT molecular complexity index is 1540. The van der Waals surface area contributed by atoms with Crippen LogP contribution in [0.15, 0.2) is 0 Å². The minimum atomic E-state index is -2.87. The van der Waals surface area contributed by atoms with E-state index in [1.807, 2.05) is 0 Å². The van der Waals surface area contributed by atoms with Crippen molar-refractivity contribution >= 4 is 11.9 Å². The Morgan fingerprint density at radius 3 is 1.77 bits per heavy atom. The van der Waals surface area contributed by atoms with Crippen molar-refractivity contribution in [1.82, 2.24) is 5.32 Å². The molecule has 378 valence electrons. The average Bonchev–Trinajstić information content (AvgIpc) is 3.27. The van der Waals surface area contributed by atoms with Gasteiger partial charge in [-0.3, -0.25) is 4.79 Å². The molecule has 1 amide bonds. The van der Waals surface area contributed by atoms with Crippen LogP contribution < -0.4 is 11.1 Å². The summed E-state index contributed by atoms with van der Waals surface area (Å²) in [5.41, 5.74) is 5.87. The van der Waals surface area contributed by atoms with E-state index in [0.717, 1.165) is 6.92 Å². The number of nitrogens with two attached hydrogens (primary N) is 1. The highest BCUT2D eigenvalue weighted by molar-refractivity contribution is 5.76. The number of ether oxygens (including phenoxy) is 9. The Labute approximate surface area is 367 Å². The molecule has 30 nitrogen and oxygen atoms in total. The van der Waals surface area contributed by atoms with Gasteiger partial charge in [-0.15, -0.1) is 0 Å². The van der Waals surface area contributed by atoms with Gasteiger partial charge in [-0.05, 0) is 0 Å². The molecule has 0 saturated carbocycles. The molecule has 0 unspecified atom stereocenters. The monoisotopic (exact) mass is 956 g/mol. The first-order valence-corrected chi connectivity index (χ1v) is 20.3. The third kappa shape index (κ3) is 11.3. The molecule has 5 fully saturated rings. The number of aliphatic hydroxyl groups is 16. The third-order valence-electron chi connectivity index (χ3n) is 11.8. The molecule has 30 heteroatoms. The van der Waals surface area contributed by atoms with Gasteiger partial charge in [-0.1, -0.05) is 0 Å². The number of carbonyl (C=O) groups excluding carboxylic acids is 1. The smallest absolute Gasteiger partial charge is 0.364 e. The van der Waals surface area contributed by atoms with Gasteiger partial charge in [-0.25, -0.2) is 4.79 Å². The zero-order valence-corrected chi connectivity index (χ0v) is 34.3. The lowest BCUT2D eigenvalue weighted by Crippen LogP contribution is -2.70. The quantitative estimate of drug-likeness (QED) is 0.0643. The number of nitrogens with one attached hydrogen (secondary N) is 1. The zero-order valence-electron chi connectivity index (χ0n) is 34.3. The molecule has 5 aliphatic rings. The summed E-state index contributed by atoms with van der Waals surface area (Å²) >= 11 is 0. The number of carboxylic acid groups (broad SMARTS) is 1. The maximum atomic E-state index is 12.5. The highest BCUT2D eigenvalue weighted by Crippen LogP contribution is 2.37. The van der Waals surface area contributed by atoms with E-state index in [4.69, 9.17) is 48.4 Å². The van der Waals surface area contributed by atoms with E-state index < -0.39 is 210 Å². The zero-order chi connectivity index (χ0) is 48.4. The lowest BCUT2D eigenvalue weighted by Gasteiger charge is -2.50. The number of carboxylic acids is 1. The maximum absolute atomic E-state index is 12.5. The van der Waals surface area contributed by atoms with Gasteiger partial charge < -0.3 is 140 Å². The molecule has 65 heavy (non-hydrogen) atoms. The molecule has 0 aromatic carbocycles. The van der Waals surface area contributed by atoms with Crippen LogP contribution in [0, 0.1) is 0 Å². The predicted molar refractivity (Wildman–Crippen MR) is 197 cm³/mol. The fraction of sp³-hybridized carbons (Fsp3) is 0.943. The summed E-state index contributed by atoms with van der Waals surface area (Å²) in [6.07, 6.45) is -45.2. The van der Waals surface area contributed by atoms with Crippen LogP contribution in [0.5, 0.6) is 0 Å². The molecule has 0 bridgehead atoms. The molecule has 26 atom stereocenters. The van der Waals surface area contributed by atoms with Crippen LogP contribution in [0.1, 0.15) is 13.3 Å². The first-order valence-electron chi connectivity index (χ1n) is 20.3. The Kier molecular flexibility index (Phi) is 18.7. The van der Waals surface area contributed by atoms with Crippen molar-refractivity contribution in [2.24, 2.45) is 5.73 Å². The Balaban J connectivity index is 1.34. The molecule has 5 aliphatic heterocycles. The maximum Gasteiger partial charge on any atom is 0.364 e. The van der Waals surface area contributed by atoms with Gasteiger partial charge in [0, 0.05) is 13.3 Å². The van der Waals surface area contributed by atoms with Gasteiger partial charge >= 0.3 is 5.97 Å². The Hall–Kier alpha value is -2.10. The molecule has 0 radical (unpaired) electrons. The summed E-state index contributed by atoms with van der Waals surface area (Å²) < 4.78 is 50.1. The highest BCUT2D eigenvalue weighted by Gasteiger charge is 2.58. The number of amides is 1. The van der Waals surface area contributed by atoms with Crippen molar-refractivity contribution in [1.29, 1.82) is 0 Å². The van der Waals surface area contributed by atoms with Crippen LogP contribution in [0.25, 0.3) is 0 Å². The van der Waals surface area contributed by atoms with Crippen LogP contribution in [0.2, 0.25) is 0 Å². The van der Waals surface area contributed by atoms with Crippen molar-refractivity contribution in [3.63, 3.8) is 0 Å². The summed E-state index contributed by atoms with van der Waals surface area (Å²) in [7, 11) is 0. The van der Waals surface area contributed by atoms with Crippen LogP contribution in [0.4, 0.5) is 0 Å². The molecule has 0 aromatic heterocycles. The summed E-state index contributed by atoms with van der Waals surface area (Å²) in [6, 6.07) is -3.29. The van der Waals surface area contributed by atoms with Crippen LogP contribution in [-0.2, 0) is 52.2 Å². The van der Waals surface area contributed by atoms with Crippen LogP contribution in [0.3, 0.4) is 0 Å². The van der Waals surface area contributed by atoms with E-state index in [9.17, 15) is 96.4 Å². The topological polar surface area (TPSA) is 499 Å². The normalized spacial score (nSPS) is 48.3. The first kappa shape index (κ1) is 53.8. The molecular formula is C35H60N2O28. The van der Waals surface area contributed by atoms with Gasteiger partial charge in [0.25, 0.3) is 5.79 Å². The molecule has 0 aliphatic carbocycles. The minimum Gasteiger partial charge on any atom is -0.477 e. The van der Waals surface area contributed by atoms with Crippen molar-refractivity contribution in [3.05, 3.63) is 0 Å². The lowest BCUT2D eigenvalue weighted by atomic mass is 9.89. The summed E-state index contributed by atoms with van der Waals surface area (Å²) in [5.74, 6) is -5.64. The second kappa shape index (κ2) is 22.5. The fourth-order valence-corrected chi connectivity index (χ4v) is 8.04. The predicted octanol–water partition coefficient (Wildman–Crippen LogP) is -12.6. The molecule has 0 spiro atoms. The first-order chi connectivity index (χ1) is 30.5. The number of carbonyl (C=O) groups is 2. The van der Waals surface area contributed by atoms with Gasteiger partial charge in [0.1, 0.15) is 116 Å². The summed E-state index contributed by atoms with van der Waals surface area (Å²) in [5, 5.41) is 180. The van der Waals surface area contributed by atoms with Crippen molar-refractivity contribution in [2.45, 2.75) is 172 Å². The standard InChI is InChI=1S/C35H60N2O28/c1-8(42)37-16-20(48)26(13(6-41)60-31(16)64-29-19(47)11(4-39)59-33(25(29)53)63-27-12(5-40)58-30(54)23(51)22(27)50)62-32-24(52)21(49)18(46)14(61-32)7-57-35(34(55)56)2-9(43)15(36)28(65-35)17(45)10(44)3-38/h9-33,38-41,43-54H,2-7,36H2,1H3,(H,37,42)(H,55,56)/t9-,10+,11+,12+,13+,14+,15+,16+,17+,18-,19-,20+,21-,22+,23+,24+,25+,26+,27+,28+,29-,30+,31-,32-,33-,35+/m0/s1. The van der Waals surface area contributed by atoms with Crippen LogP contribution >= 0.6 is 0 Å². The fourth-order valence-electron chi connectivity index (χ4n) is 8.04. The summed E-state index contributed by atoms with van der Waals surface area (Å²) in [6.45, 7) is -3.99. The molecule has 5 heterocycles. The molecule has 0 aromatic rings. The number of hydrogen-bond donors (Lipinski definition) is 19. The number of rotatable bonds is 17. The SMILES string of the molecule is CC(=O)N[C@H]1[C@H](O[C@H]2[C@@H](O)[C@@H](CO)O[C@@H](O[C@H]3[C@H](O)[C@@H](O)[C@H](O)O[C@@H]3CO)[C@@H]2O)O[C@H](CO)[C@@H](O[C@@H]2O[C@H](CO[C@]3(C(=O)O)C[C@H](O)[C@@H](N)[C@H]([C@H](O)[C@H](O)CO)O3)[C@H](O)[C@H](O)[C@H]2O)[C@@H]1O. The van der Waals surface area contributed by atoms with Crippen LogP contribution in [-0.4, -0.2) is 291 Å².